The molecule has 3 nitrogen and oxygen atoms in total. The number of phenolic OH excluding ortho intramolecular Hbond substituents is 1. The second-order valence-corrected chi connectivity index (χ2v) is 4.48. The summed E-state index contributed by atoms with van der Waals surface area (Å²) in [4.78, 5) is 12.0. The van der Waals surface area contributed by atoms with Crippen molar-refractivity contribution < 1.29 is 14.6 Å². The summed E-state index contributed by atoms with van der Waals surface area (Å²) >= 11 is 0. The minimum atomic E-state index is -0.152. The van der Waals surface area contributed by atoms with Crippen LogP contribution in [0.15, 0.2) is 48.5 Å². The highest BCUT2D eigenvalue weighted by molar-refractivity contribution is 6.07. The molecule has 0 aliphatic heterocycles. The first-order valence-corrected chi connectivity index (χ1v) is 6.26. The van der Waals surface area contributed by atoms with Crippen molar-refractivity contribution in [2.45, 2.75) is 6.92 Å². The van der Waals surface area contributed by atoms with Gasteiger partial charge in [0.15, 0.2) is 5.78 Å². The minimum absolute atomic E-state index is 0.0845. The smallest absolute Gasteiger partial charge is 0.185 e. The van der Waals surface area contributed by atoms with Crippen LogP contribution in [0.25, 0.3) is 6.08 Å². The fourth-order valence-electron chi connectivity index (χ4n) is 1.87. The minimum Gasteiger partial charge on any atom is -0.508 e. The molecule has 0 spiro atoms. The van der Waals surface area contributed by atoms with E-state index in [1.165, 1.54) is 18.2 Å². The lowest BCUT2D eigenvalue weighted by Gasteiger charge is -2.04. The molecule has 0 atom stereocenters. The topological polar surface area (TPSA) is 46.5 Å². The molecule has 0 amide bonds. The summed E-state index contributed by atoms with van der Waals surface area (Å²) in [5, 5.41) is 9.35. The van der Waals surface area contributed by atoms with Crippen LogP contribution in [-0.2, 0) is 0 Å². The first-order valence-electron chi connectivity index (χ1n) is 6.26. The van der Waals surface area contributed by atoms with Gasteiger partial charge < -0.3 is 9.84 Å². The predicted octanol–water partition coefficient (Wildman–Crippen LogP) is 3.61. The molecule has 102 valence electrons. The Morgan fingerprint density at radius 1 is 1.20 bits per heavy atom. The van der Waals surface area contributed by atoms with Crippen molar-refractivity contribution in [1.29, 1.82) is 0 Å². The summed E-state index contributed by atoms with van der Waals surface area (Å²) in [6, 6.07) is 12.0. The van der Waals surface area contributed by atoms with Crippen molar-refractivity contribution in [3.63, 3.8) is 0 Å². The number of carbonyl (C=O) groups excluding carboxylic acids is 1. The Kier molecular flexibility index (Phi) is 4.20. The third kappa shape index (κ3) is 3.26. The molecule has 0 heterocycles. The van der Waals surface area contributed by atoms with Crippen LogP contribution in [0, 0.1) is 6.92 Å². The zero-order valence-electron chi connectivity index (χ0n) is 11.5. The number of ketones is 1. The zero-order chi connectivity index (χ0) is 14.5. The standard InChI is InChI=1S/C17H16O3/c1-12-6-7-13(10-17(12)20-2)8-9-16(19)14-4-3-5-15(18)11-14/h3-11,18H,1-2H3/b9-8+. The number of hydrogen-bond donors (Lipinski definition) is 1. The molecule has 0 fully saturated rings. The van der Waals surface area contributed by atoms with E-state index in [9.17, 15) is 9.90 Å². The van der Waals surface area contributed by atoms with Crippen molar-refractivity contribution in [2.75, 3.05) is 7.11 Å². The molecule has 0 unspecified atom stereocenters. The molecule has 0 radical (unpaired) electrons. The molecular weight excluding hydrogens is 252 g/mol. The van der Waals surface area contributed by atoms with Gasteiger partial charge in [0.2, 0.25) is 0 Å². The molecule has 0 aliphatic carbocycles. The molecule has 0 saturated carbocycles. The molecule has 0 saturated heterocycles. The van der Waals surface area contributed by atoms with Crippen molar-refractivity contribution in [1.82, 2.24) is 0 Å². The van der Waals surface area contributed by atoms with Crippen LogP contribution >= 0.6 is 0 Å². The van der Waals surface area contributed by atoms with E-state index in [-0.39, 0.29) is 11.5 Å². The average Bonchev–Trinajstić information content (AvgIpc) is 2.46. The van der Waals surface area contributed by atoms with E-state index in [0.717, 1.165) is 16.9 Å². The highest BCUT2D eigenvalue weighted by atomic mass is 16.5. The lowest BCUT2D eigenvalue weighted by Crippen LogP contribution is -1.93. The Balaban J connectivity index is 2.19. The lowest BCUT2D eigenvalue weighted by molar-refractivity contribution is 0.104. The van der Waals surface area contributed by atoms with E-state index in [2.05, 4.69) is 0 Å². The van der Waals surface area contributed by atoms with Gasteiger partial charge in [0.25, 0.3) is 0 Å². The van der Waals surface area contributed by atoms with Crippen LogP contribution < -0.4 is 4.74 Å². The Morgan fingerprint density at radius 3 is 2.70 bits per heavy atom. The maximum absolute atomic E-state index is 12.0. The van der Waals surface area contributed by atoms with E-state index in [0.29, 0.717) is 5.56 Å². The number of aryl methyl sites for hydroxylation is 1. The second kappa shape index (κ2) is 6.06. The quantitative estimate of drug-likeness (QED) is 0.680. The zero-order valence-corrected chi connectivity index (χ0v) is 11.5. The molecule has 0 aromatic heterocycles. The molecule has 20 heavy (non-hydrogen) atoms. The van der Waals surface area contributed by atoms with Gasteiger partial charge in [0.1, 0.15) is 11.5 Å². The van der Waals surface area contributed by atoms with Gasteiger partial charge >= 0.3 is 0 Å². The fraction of sp³-hybridized carbons (Fsp3) is 0.118. The number of allylic oxidation sites excluding steroid dienone is 1. The van der Waals surface area contributed by atoms with Gasteiger partial charge in [-0.05, 0) is 42.3 Å². The lowest BCUT2D eigenvalue weighted by atomic mass is 10.1. The van der Waals surface area contributed by atoms with Gasteiger partial charge in [-0.2, -0.15) is 0 Å². The fourth-order valence-corrected chi connectivity index (χ4v) is 1.87. The number of rotatable bonds is 4. The van der Waals surface area contributed by atoms with E-state index in [1.54, 1.807) is 25.3 Å². The number of carbonyl (C=O) groups is 1. The van der Waals surface area contributed by atoms with Crippen LogP contribution in [0.3, 0.4) is 0 Å². The van der Waals surface area contributed by atoms with Crippen molar-refractivity contribution >= 4 is 11.9 Å². The first-order chi connectivity index (χ1) is 9.60. The molecule has 2 rings (SSSR count). The highest BCUT2D eigenvalue weighted by Crippen LogP contribution is 2.20. The van der Waals surface area contributed by atoms with E-state index >= 15 is 0 Å². The van der Waals surface area contributed by atoms with Crippen LogP contribution in [0.1, 0.15) is 21.5 Å². The van der Waals surface area contributed by atoms with Gasteiger partial charge in [-0.1, -0.05) is 30.3 Å². The van der Waals surface area contributed by atoms with Crippen molar-refractivity contribution in [3.8, 4) is 11.5 Å². The largest absolute Gasteiger partial charge is 0.508 e. The molecule has 2 aromatic carbocycles. The van der Waals surface area contributed by atoms with Crippen molar-refractivity contribution in [2.24, 2.45) is 0 Å². The highest BCUT2D eigenvalue weighted by Gasteiger charge is 2.03. The Morgan fingerprint density at radius 2 is 2.00 bits per heavy atom. The monoisotopic (exact) mass is 268 g/mol. The summed E-state index contributed by atoms with van der Waals surface area (Å²) in [5.41, 5.74) is 2.39. The third-order valence-electron chi connectivity index (χ3n) is 2.99. The van der Waals surface area contributed by atoms with Gasteiger partial charge in [-0.15, -0.1) is 0 Å². The van der Waals surface area contributed by atoms with Gasteiger partial charge in [0.05, 0.1) is 7.11 Å². The summed E-state index contributed by atoms with van der Waals surface area (Å²) in [7, 11) is 1.62. The predicted molar refractivity (Wildman–Crippen MR) is 79.2 cm³/mol. The number of ether oxygens (including phenoxy) is 1. The Hall–Kier alpha value is -2.55. The average molecular weight is 268 g/mol. The SMILES string of the molecule is COc1cc(/C=C/C(=O)c2cccc(O)c2)ccc1C. The van der Waals surface area contributed by atoms with Crippen molar-refractivity contribution in [3.05, 3.63) is 65.2 Å². The van der Waals surface area contributed by atoms with E-state index in [4.69, 9.17) is 4.74 Å². The second-order valence-electron chi connectivity index (χ2n) is 4.48. The number of benzene rings is 2. The molecular formula is C17H16O3. The normalized spacial score (nSPS) is 10.7. The number of phenols is 1. The van der Waals surface area contributed by atoms with Crippen LogP contribution in [0.4, 0.5) is 0 Å². The summed E-state index contributed by atoms with van der Waals surface area (Å²) in [6.07, 6.45) is 3.22. The summed E-state index contributed by atoms with van der Waals surface area (Å²) < 4.78 is 5.24. The molecule has 2 aromatic rings. The van der Waals surface area contributed by atoms with Crippen LogP contribution in [0.2, 0.25) is 0 Å². The summed E-state index contributed by atoms with van der Waals surface area (Å²) in [5.74, 6) is 0.721. The Labute approximate surface area is 118 Å². The summed E-state index contributed by atoms with van der Waals surface area (Å²) in [6.45, 7) is 1.96. The number of methoxy groups -OCH3 is 1. The number of aromatic hydroxyl groups is 1. The van der Waals surface area contributed by atoms with Gasteiger partial charge in [-0.3, -0.25) is 4.79 Å². The molecule has 0 bridgehead atoms. The maximum Gasteiger partial charge on any atom is 0.185 e. The number of hydrogen-bond acceptors (Lipinski definition) is 3. The Bertz CT molecular complexity index is 657. The van der Waals surface area contributed by atoms with E-state index < -0.39 is 0 Å². The first kappa shape index (κ1) is 13.9. The third-order valence-corrected chi connectivity index (χ3v) is 2.99. The van der Waals surface area contributed by atoms with Gasteiger partial charge in [-0.25, -0.2) is 0 Å². The molecule has 1 N–H and O–H groups in total. The molecule has 3 heteroatoms. The van der Waals surface area contributed by atoms with Crippen LogP contribution in [-0.4, -0.2) is 18.0 Å². The van der Waals surface area contributed by atoms with E-state index in [1.807, 2.05) is 25.1 Å². The van der Waals surface area contributed by atoms with Gasteiger partial charge in [0, 0.05) is 5.56 Å². The maximum atomic E-state index is 12.0. The van der Waals surface area contributed by atoms with Crippen LogP contribution in [0.5, 0.6) is 11.5 Å². The molecule has 0 aliphatic rings.